The Morgan fingerprint density at radius 2 is 1.81 bits per heavy atom. The number of carbonyl (C=O) groups excluding carboxylic acids is 1. The Hall–Kier alpha value is -2.30. The third-order valence-corrected chi connectivity index (χ3v) is 6.66. The molecule has 1 N–H and O–H groups in total. The van der Waals surface area contributed by atoms with E-state index in [1.807, 2.05) is 72.8 Å². The molecule has 0 aromatic heterocycles. The van der Waals surface area contributed by atoms with Crippen LogP contribution in [0.25, 0.3) is 6.08 Å². The third kappa shape index (κ3) is 5.93. The molecule has 1 aliphatic rings. The number of amidine groups is 1. The highest BCUT2D eigenvalue weighted by Gasteiger charge is 2.24. The van der Waals surface area contributed by atoms with Gasteiger partial charge in [-0.1, -0.05) is 34.1 Å². The van der Waals surface area contributed by atoms with Crippen LogP contribution < -0.4 is 14.8 Å². The second kappa shape index (κ2) is 10.5. The molecule has 0 bridgehead atoms. The lowest BCUT2D eigenvalue weighted by atomic mass is 10.2. The molecule has 4 rings (SSSR count). The van der Waals surface area contributed by atoms with Crippen molar-refractivity contribution >= 4 is 73.1 Å². The molecule has 1 heterocycles. The van der Waals surface area contributed by atoms with Crippen LogP contribution in [-0.4, -0.2) is 18.2 Å². The third-order valence-electron chi connectivity index (χ3n) is 4.50. The van der Waals surface area contributed by atoms with E-state index in [9.17, 15) is 4.79 Å². The minimum atomic E-state index is -0.177. The first kappa shape index (κ1) is 22.9. The molecule has 3 aromatic rings. The van der Waals surface area contributed by atoms with Crippen LogP contribution in [0.15, 0.2) is 81.1 Å². The maximum Gasteiger partial charge on any atom is 0.264 e. The summed E-state index contributed by atoms with van der Waals surface area (Å²) in [4.78, 5) is 17.4. The standard InChI is InChI=1S/C24H18BrIN2O3S/c1-30-21-12-16(4-11-20(21)31-14-15-2-7-18(26)8-3-15)13-22-23(29)28-24(32-22)27-19-9-5-17(25)6-10-19/h2-13H,14H2,1H3,(H,27,28,29)/b22-13-. The zero-order chi connectivity index (χ0) is 22.5. The Balaban J connectivity index is 1.47. The van der Waals surface area contributed by atoms with Crippen molar-refractivity contribution in [3.8, 4) is 11.5 Å². The Bertz CT molecular complexity index is 1190. The lowest BCUT2D eigenvalue weighted by molar-refractivity contribution is -0.115. The van der Waals surface area contributed by atoms with Crippen molar-refractivity contribution in [2.75, 3.05) is 7.11 Å². The number of aliphatic imine (C=N–C) groups is 1. The maximum absolute atomic E-state index is 12.4. The fraction of sp³-hybridized carbons (Fsp3) is 0.0833. The summed E-state index contributed by atoms with van der Waals surface area (Å²) in [5.74, 6) is 1.08. The van der Waals surface area contributed by atoms with E-state index in [1.54, 1.807) is 7.11 Å². The lowest BCUT2D eigenvalue weighted by Gasteiger charge is -2.11. The minimum absolute atomic E-state index is 0.177. The Morgan fingerprint density at radius 3 is 2.53 bits per heavy atom. The van der Waals surface area contributed by atoms with E-state index in [1.165, 1.54) is 15.3 Å². The highest BCUT2D eigenvalue weighted by molar-refractivity contribution is 14.1. The van der Waals surface area contributed by atoms with E-state index < -0.39 is 0 Å². The molecule has 0 aliphatic carbocycles. The molecular formula is C24H18BrIN2O3S. The molecule has 3 aromatic carbocycles. The van der Waals surface area contributed by atoms with Gasteiger partial charge in [0.2, 0.25) is 0 Å². The Kier molecular flexibility index (Phi) is 7.54. The van der Waals surface area contributed by atoms with Gasteiger partial charge < -0.3 is 14.8 Å². The first-order valence-electron chi connectivity index (χ1n) is 9.60. The fourth-order valence-corrected chi connectivity index (χ4v) is 4.37. The molecule has 0 spiro atoms. The van der Waals surface area contributed by atoms with Gasteiger partial charge in [-0.25, -0.2) is 4.99 Å². The number of carbonyl (C=O) groups is 1. The van der Waals surface area contributed by atoms with Gasteiger partial charge in [-0.2, -0.15) is 0 Å². The number of nitrogens with zero attached hydrogens (tertiary/aromatic N) is 1. The molecule has 1 amide bonds. The molecule has 0 unspecified atom stereocenters. The van der Waals surface area contributed by atoms with Crippen LogP contribution in [0.2, 0.25) is 0 Å². The number of thioether (sulfide) groups is 1. The molecular weight excluding hydrogens is 603 g/mol. The van der Waals surface area contributed by atoms with Gasteiger partial charge in [0.25, 0.3) is 5.91 Å². The average molecular weight is 621 g/mol. The predicted octanol–water partition coefficient (Wildman–Crippen LogP) is 6.53. The summed E-state index contributed by atoms with van der Waals surface area (Å²) in [6, 6.07) is 21.4. The number of nitrogens with one attached hydrogen (secondary N) is 1. The predicted molar refractivity (Wildman–Crippen MR) is 141 cm³/mol. The number of ether oxygens (including phenoxy) is 2. The maximum atomic E-state index is 12.4. The molecule has 162 valence electrons. The van der Waals surface area contributed by atoms with Gasteiger partial charge in [0.1, 0.15) is 6.61 Å². The Morgan fingerprint density at radius 1 is 1.06 bits per heavy atom. The van der Waals surface area contributed by atoms with Crippen LogP contribution in [0.4, 0.5) is 5.69 Å². The second-order valence-corrected chi connectivity index (χ2v) is 9.98. The van der Waals surface area contributed by atoms with E-state index >= 15 is 0 Å². The molecule has 1 aliphatic heterocycles. The number of methoxy groups -OCH3 is 1. The first-order chi connectivity index (χ1) is 15.5. The quantitative estimate of drug-likeness (QED) is 0.251. The molecule has 1 fully saturated rings. The topological polar surface area (TPSA) is 59.9 Å². The highest BCUT2D eigenvalue weighted by Crippen LogP contribution is 2.33. The zero-order valence-electron chi connectivity index (χ0n) is 17.0. The normalized spacial score (nSPS) is 15.8. The summed E-state index contributed by atoms with van der Waals surface area (Å²) in [5.41, 5.74) is 2.69. The average Bonchev–Trinajstić information content (AvgIpc) is 3.13. The number of hydrogen-bond donors (Lipinski definition) is 1. The summed E-state index contributed by atoms with van der Waals surface area (Å²) in [7, 11) is 1.60. The first-order valence-corrected chi connectivity index (χ1v) is 12.3. The number of hydrogen-bond acceptors (Lipinski definition) is 5. The SMILES string of the molecule is COc1cc(/C=C2\SC(=Nc3ccc(Br)cc3)NC2=O)ccc1OCc1ccc(I)cc1. The van der Waals surface area contributed by atoms with Crippen LogP contribution in [0.3, 0.4) is 0 Å². The van der Waals surface area contributed by atoms with E-state index in [2.05, 4.69) is 48.8 Å². The summed E-state index contributed by atoms with van der Waals surface area (Å²) < 4.78 is 13.6. The largest absolute Gasteiger partial charge is 0.493 e. The molecule has 8 heteroatoms. The monoisotopic (exact) mass is 620 g/mol. The molecule has 0 atom stereocenters. The summed E-state index contributed by atoms with van der Waals surface area (Å²) in [6.07, 6.45) is 1.82. The lowest BCUT2D eigenvalue weighted by Crippen LogP contribution is -2.19. The summed E-state index contributed by atoms with van der Waals surface area (Å²) in [5, 5.41) is 3.36. The minimum Gasteiger partial charge on any atom is -0.493 e. The molecule has 5 nitrogen and oxygen atoms in total. The van der Waals surface area contributed by atoms with Crippen molar-refractivity contribution in [2.45, 2.75) is 6.61 Å². The van der Waals surface area contributed by atoms with Gasteiger partial charge in [0.05, 0.1) is 17.7 Å². The fourth-order valence-electron chi connectivity index (χ4n) is 2.90. The molecule has 0 radical (unpaired) electrons. The van der Waals surface area contributed by atoms with Gasteiger partial charge in [-0.15, -0.1) is 0 Å². The summed E-state index contributed by atoms with van der Waals surface area (Å²) >= 11 is 6.98. The number of halogens is 2. The molecule has 1 saturated heterocycles. The molecule has 0 saturated carbocycles. The van der Waals surface area contributed by atoms with Gasteiger partial charge in [-0.05, 0) is 100 Å². The highest BCUT2D eigenvalue weighted by atomic mass is 127. The number of amides is 1. The number of rotatable bonds is 6. The summed E-state index contributed by atoms with van der Waals surface area (Å²) in [6.45, 7) is 0.446. The van der Waals surface area contributed by atoms with Crippen molar-refractivity contribution in [1.29, 1.82) is 0 Å². The van der Waals surface area contributed by atoms with Crippen LogP contribution in [0, 0.1) is 3.57 Å². The van der Waals surface area contributed by atoms with Gasteiger partial charge in [0, 0.05) is 8.04 Å². The van der Waals surface area contributed by atoms with Crippen LogP contribution in [-0.2, 0) is 11.4 Å². The van der Waals surface area contributed by atoms with Crippen molar-refractivity contribution in [3.05, 3.63) is 90.8 Å². The smallest absolute Gasteiger partial charge is 0.264 e. The van der Waals surface area contributed by atoms with Crippen molar-refractivity contribution in [3.63, 3.8) is 0 Å². The van der Waals surface area contributed by atoms with E-state index in [-0.39, 0.29) is 5.91 Å². The van der Waals surface area contributed by atoms with Gasteiger partial charge in [0.15, 0.2) is 16.7 Å². The van der Waals surface area contributed by atoms with Gasteiger partial charge in [-0.3, -0.25) is 4.79 Å². The van der Waals surface area contributed by atoms with Crippen molar-refractivity contribution in [2.24, 2.45) is 4.99 Å². The van der Waals surface area contributed by atoms with Crippen molar-refractivity contribution in [1.82, 2.24) is 5.32 Å². The van der Waals surface area contributed by atoms with E-state index in [4.69, 9.17) is 9.47 Å². The zero-order valence-corrected chi connectivity index (χ0v) is 21.5. The number of benzene rings is 3. The van der Waals surface area contributed by atoms with E-state index in [0.29, 0.717) is 28.2 Å². The van der Waals surface area contributed by atoms with Gasteiger partial charge >= 0.3 is 0 Å². The Labute approximate surface area is 212 Å². The van der Waals surface area contributed by atoms with Crippen LogP contribution in [0.1, 0.15) is 11.1 Å². The van der Waals surface area contributed by atoms with Crippen molar-refractivity contribution < 1.29 is 14.3 Å². The second-order valence-electron chi connectivity index (χ2n) is 6.78. The van der Waals surface area contributed by atoms with Crippen LogP contribution >= 0.6 is 50.3 Å². The van der Waals surface area contributed by atoms with E-state index in [0.717, 1.165) is 21.3 Å². The molecule has 32 heavy (non-hydrogen) atoms. The van der Waals surface area contributed by atoms with Crippen LogP contribution in [0.5, 0.6) is 11.5 Å².